The summed E-state index contributed by atoms with van der Waals surface area (Å²) in [7, 11) is 0. The molecule has 0 aromatic heterocycles. The Balaban J connectivity index is 0.000000381. The number of phenols is 2. The summed E-state index contributed by atoms with van der Waals surface area (Å²) >= 11 is 0. The molecule has 4 aromatic carbocycles. The van der Waals surface area contributed by atoms with E-state index in [4.69, 9.17) is 0 Å². The van der Waals surface area contributed by atoms with Gasteiger partial charge in [-0.2, -0.15) is 0 Å². The minimum absolute atomic E-state index is 0. The molecule has 0 heterocycles. The zero-order chi connectivity index (χ0) is 27.8. The fraction of sp³-hybridized carbons (Fsp3) is 0.229. The Morgan fingerprint density at radius 3 is 1.12 bits per heavy atom. The summed E-state index contributed by atoms with van der Waals surface area (Å²) in [6.45, 7) is 12.5. The predicted molar refractivity (Wildman–Crippen MR) is 167 cm³/mol. The van der Waals surface area contributed by atoms with Crippen LogP contribution in [0.25, 0.3) is 0 Å². The average molecular weight is 700 g/mol. The summed E-state index contributed by atoms with van der Waals surface area (Å²) in [4.78, 5) is 8.75. The van der Waals surface area contributed by atoms with E-state index in [9.17, 15) is 10.2 Å². The average Bonchev–Trinajstić information content (AvgIpc) is 2.88. The molecule has 208 valence electrons. The third-order valence-electron chi connectivity index (χ3n) is 5.97. The van der Waals surface area contributed by atoms with Crippen molar-refractivity contribution in [1.29, 1.82) is 0 Å². The molecule has 0 atom stereocenters. The van der Waals surface area contributed by atoms with Gasteiger partial charge in [0.1, 0.15) is 11.5 Å². The van der Waals surface area contributed by atoms with Gasteiger partial charge in [-0.1, -0.05) is 102 Å². The number of nitrogens with zero attached hydrogens (tertiary/aromatic N) is 2. The van der Waals surface area contributed by atoms with Gasteiger partial charge in [0, 0.05) is 49.4 Å². The minimum atomic E-state index is -0.0827. The first-order valence-electron chi connectivity index (χ1n) is 12.8. The van der Waals surface area contributed by atoms with E-state index < -0.39 is 0 Å². The Hall–Kier alpha value is -3.31. The molecule has 0 unspecified atom stereocenters. The fourth-order valence-corrected chi connectivity index (χ4v) is 3.86. The van der Waals surface area contributed by atoms with E-state index in [1.165, 1.54) is 0 Å². The Morgan fingerprint density at radius 2 is 0.825 bits per heavy atom. The van der Waals surface area contributed by atoms with Gasteiger partial charge in [-0.15, -0.1) is 0 Å². The van der Waals surface area contributed by atoms with Gasteiger partial charge in [-0.05, 0) is 58.4 Å². The van der Waals surface area contributed by atoms with Crippen molar-refractivity contribution in [3.05, 3.63) is 127 Å². The molecule has 4 nitrogen and oxygen atoms in total. The number of aliphatic imine (C=N–C) groups is 2. The van der Waals surface area contributed by atoms with Crippen LogP contribution in [0.2, 0.25) is 0 Å². The predicted octanol–water partition coefficient (Wildman–Crippen LogP) is 9.33. The van der Waals surface area contributed by atoms with Crippen LogP contribution in [0.3, 0.4) is 0 Å². The van der Waals surface area contributed by atoms with Crippen LogP contribution in [-0.4, -0.2) is 22.6 Å². The summed E-state index contributed by atoms with van der Waals surface area (Å²) in [5, 5.41) is 20.6. The van der Waals surface area contributed by atoms with Crippen molar-refractivity contribution in [2.75, 3.05) is 0 Å². The van der Waals surface area contributed by atoms with Gasteiger partial charge in [0.05, 0.1) is 11.4 Å². The molecule has 0 radical (unpaired) electrons. The number of hydrogen-bond acceptors (Lipinski definition) is 4. The molecule has 2 N–H and O–H groups in total. The van der Waals surface area contributed by atoms with Crippen molar-refractivity contribution in [2.24, 2.45) is 9.98 Å². The summed E-state index contributed by atoms with van der Waals surface area (Å²) in [5.74, 6) is 0.629. The normalized spacial score (nSPS) is 11.3. The Bertz CT molecular complexity index is 1280. The molecule has 0 bridgehead atoms. The number of hydrogen-bond donors (Lipinski definition) is 2. The molecule has 0 aliphatic heterocycles. The molecular formula is C35H41HfN2O2-. The van der Waals surface area contributed by atoms with Gasteiger partial charge in [0.15, 0.2) is 0 Å². The van der Waals surface area contributed by atoms with Crippen LogP contribution in [0.15, 0.2) is 107 Å². The minimum Gasteiger partial charge on any atom is -0.507 e. The summed E-state index contributed by atoms with van der Waals surface area (Å²) in [5.41, 5.74) is 4.95. The molecule has 0 saturated carbocycles. The first-order chi connectivity index (χ1) is 18.0. The van der Waals surface area contributed by atoms with Gasteiger partial charge < -0.3 is 17.6 Å². The van der Waals surface area contributed by atoms with E-state index in [1.807, 2.05) is 97.1 Å². The second-order valence-electron chi connectivity index (χ2n) is 11.2. The van der Waals surface area contributed by atoms with Crippen LogP contribution in [0.5, 0.6) is 11.5 Å². The zero-order valence-corrected chi connectivity index (χ0v) is 28.3. The molecule has 0 fully saturated rings. The molecule has 0 saturated heterocycles. The molecule has 0 spiro atoms. The maximum Gasteiger partial charge on any atom is 0.128 e. The smallest absolute Gasteiger partial charge is 0.128 e. The molecule has 4 rings (SSSR count). The monoisotopic (exact) mass is 701 g/mol. The molecule has 5 heteroatoms. The number of para-hydroxylation sites is 4. The number of phenolic OH excluding ortho intramolecular Hbond substituents is 2. The van der Waals surface area contributed by atoms with E-state index in [2.05, 4.69) is 51.5 Å². The van der Waals surface area contributed by atoms with Crippen molar-refractivity contribution >= 4 is 23.8 Å². The topological polar surface area (TPSA) is 65.2 Å². The van der Waals surface area contributed by atoms with Crippen molar-refractivity contribution in [3.63, 3.8) is 0 Å². The SMILES string of the molecule is CC(C)(C)c1cccc(C=Nc2ccccc2)c1O.CC(C)(C)c1cccc(C=Nc2ccccc2)c1O.[CH3-].[Hf]. The third-order valence-corrected chi connectivity index (χ3v) is 5.97. The maximum atomic E-state index is 10.3. The Kier molecular flexibility index (Phi) is 13.4. The summed E-state index contributed by atoms with van der Waals surface area (Å²) < 4.78 is 0. The van der Waals surface area contributed by atoms with E-state index >= 15 is 0 Å². The van der Waals surface area contributed by atoms with Crippen LogP contribution in [0.4, 0.5) is 11.4 Å². The van der Waals surface area contributed by atoms with E-state index in [1.54, 1.807) is 12.4 Å². The van der Waals surface area contributed by atoms with Crippen molar-refractivity contribution in [3.8, 4) is 11.5 Å². The van der Waals surface area contributed by atoms with E-state index in [-0.39, 0.29) is 44.1 Å². The third kappa shape index (κ3) is 10.0. The van der Waals surface area contributed by atoms with Gasteiger partial charge in [0.2, 0.25) is 0 Å². The molecule has 4 aromatic rings. The van der Waals surface area contributed by atoms with Gasteiger partial charge in [-0.25, -0.2) is 0 Å². The second kappa shape index (κ2) is 15.5. The molecular weight excluding hydrogens is 659 g/mol. The number of aromatic hydroxyl groups is 2. The van der Waals surface area contributed by atoms with Crippen molar-refractivity contribution < 1.29 is 36.1 Å². The van der Waals surface area contributed by atoms with Gasteiger partial charge in [0.25, 0.3) is 0 Å². The van der Waals surface area contributed by atoms with Crippen molar-refractivity contribution in [1.82, 2.24) is 0 Å². The first-order valence-corrected chi connectivity index (χ1v) is 12.8. The summed E-state index contributed by atoms with van der Waals surface area (Å²) in [6, 6.07) is 31.0. The maximum absolute atomic E-state index is 10.3. The standard InChI is InChI=1S/2C17H19NO.CH3.Hf/c2*1-17(2,3)15-11-7-8-13(16(15)19)12-18-14-9-5-4-6-10-14;;/h2*4-12,19H,1-3H3;1H3;/q;;-1;. The Labute approximate surface area is 259 Å². The van der Waals surface area contributed by atoms with Crippen molar-refractivity contribution in [2.45, 2.75) is 52.4 Å². The summed E-state index contributed by atoms with van der Waals surface area (Å²) in [6.07, 6.45) is 3.42. The van der Waals surface area contributed by atoms with E-state index in [0.717, 1.165) is 33.6 Å². The van der Waals surface area contributed by atoms with Gasteiger partial charge >= 0.3 is 0 Å². The molecule has 0 aliphatic carbocycles. The molecule has 0 amide bonds. The quantitative estimate of drug-likeness (QED) is 0.127. The van der Waals surface area contributed by atoms with Gasteiger partial charge in [-0.3, -0.25) is 9.98 Å². The van der Waals surface area contributed by atoms with Crippen LogP contribution in [0.1, 0.15) is 63.8 Å². The molecule has 40 heavy (non-hydrogen) atoms. The van der Waals surface area contributed by atoms with Crippen LogP contribution >= 0.6 is 0 Å². The molecule has 0 aliphatic rings. The first kappa shape index (κ1) is 34.7. The number of benzene rings is 4. The zero-order valence-electron chi connectivity index (χ0n) is 24.7. The largest absolute Gasteiger partial charge is 0.507 e. The number of rotatable bonds is 4. The van der Waals surface area contributed by atoms with E-state index in [0.29, 0.717) is 11.5 Å². The van der Waals surface area contributed by atoms with Crippen LogP contribution in [-0.2, 0) is 36.7 Å². The fourth-order valence-electron chi connectivity index (χ4n) is 3.86. The Morgan fingerprint density at radius 1 is 0.500 bits per heavy atom. The van der Waals surface area contributed by atoms with Crippen LogP contribution in [0, 0.1) is 7.43 Å². The van der Waals surface area contributed by atoms with Crippen LogP contribution < -0.4 is 0 Å². The second-order valence-corrected chi connectivity index (χ2v) is 11.2.